The number of hydrogen-bond acceptors (Lipinski definition) is 4. The van der Waals surface area contributed by atoms with Crippen LogP contribution in [0.2, 0.25) is 5.02 Å². The average molecular weight is 412 g/mol. The molecule has 0 saturated carbocycles. The first kappa shape index (κ1) is 18.8. The Hall–Kier alpha value is -2.57. The van der Waals surface area contributed by atoms with Gasteiger partial charge in [-0.1, -0.05) is 23.7 Å². The molecule has 0 bridgehead atoms. The first-order valence-electron chi connectivity index (χ1n) is 9.03. The summed E-state index contributed by atoms with van der Waals surface area (Å²) >= 11 is 6.99. The van der Waals surface area contributed by atoms with Crippen LogP contribution >= 0.6 is 23.4 Å². The largest absolute Gasteiger partial charge is 0.372 e. The van der Waals surface area contributed by atoms with Gasteiger partial charge in [0.25, 0.3) is 11.8 Å². The topological polar surface area (TPSA) is 61.8 Å². The molecule has 2 aliphatic rings. The molecule has 0 radical (unpaired) electrons. The number of nitrogens with one attached hydrogen (secondary N) is 1. The van der Waals surface area contributed by atoms with Crippen molar-refractivity contribution in [2.24, 2.45) is 4.99 Å². The number of aliphatic imine (C=N–C) groups is 1. The maximum atomic E-state index is 12.2. The van der Waals surface area contributed by atoms with Crippen molar-refractivity contribution >= 4 is 52.1 Å². The fourth-order valence-electron chi connectivity index (χ4n) is 3.14. The molecule has 2 aromatic rings. The Balaban J connectivity index is 1.46. The Morgan fingerprint density at radius 2 is 1.75 bits per heavy atom. The normalized spacial score (nSPS) is 19.5. The van der Waals surface area contributed by atoms with Crippen LogP contribution in [0.25, 0.3) is 6.08 Å². The maximum Gasteiger partial charge on any atom is 0.279 e. The van der Waals surface area contributed by atoms with Crippen LogP contribution in [0.1, 0.15) is 28.8 Å². The molecule has 0 aliphatic carbocycles. The molecular weight excluding hydrogens is 394 g/mol. The summed E-state index contributed by atoms with van der Waals surface area (Å²) in [6.45, 7) is 2.19. The standard InChI is InChI=1S/C21H18ClN3O2S/c22-16-7-5-15(6-8-16)19(26)23-21-24-20(27)18(28-21)13-14-3-9-17(10-4-14)25-11-1-2-12-25/h3-10,13H,1-2,11-12H2,(H,23,24,26,27)/b18-13-. The molecule has 2 fully saturated rings. The number of halogens is 1. The van der Waals surface area contributed by atoms with E-state index in [1.165, 1.54) is 18.5 Å². The van der Waals surface area contributed by atoms with Crippen molar-refractivity contribution in [1.82, 2.24) is 5.32 Å². The zero-order valence-corrected chi connectivity index (χ0v) is 16.6. The van der Waals surface area contributed by atoms with Crippen molar-refractivity contribution < 1.29 is 9.59 Å². The highest BCUT2D eigenvalue weighted by Gasteiger charge is 2.25. The van der Waals surface area contributed by atoms with Gasteiger partial charge < -0.3 is 10.2 Å². The summed E-state index contributed by atoms with van der Waals surface area (Å²) in [5, 5.41) is 3.48. The monoisotopic (exact) mass is 411 g/mol. The SMILES string of the molecule is O=C1NC(=NC(=O)c2ccc(Cl)cc2)S/C1=C\c1ccc(N2CCCC2)cc1. The third kappa shape index (κ3) is 4.29. The van der Waals surface area contributed by atoms with E-state index in [1.54, 1.807) is 24.3 Å². The van der Waals surface area contributed by atoms with E-state index >= 15 is 0 Å². The lowest BCUT2D eigenvalue weighted by Crippen LogP contribution is -2.20. The fraction of sp³-hybridized carbons (Fsp3) is 0.190. The van der Waals surface area contributed by atoms with E-state index in [1.807, 2.05) is 18.2 Å². The molecule has 2 heterocycles. The van der Waals surface area contributed by atoms with Gasteiger partial charge in [0.05, 0.1) is 4.91 Å². The molecule has 2 aliphatic heterocycles. The highest BCUT2D eigenvalue weighted by molar-refractivity contribution is 8.18. The Labute approximate surface area is 172 Å². The highest BCUT2D eigenvalue weighted by Crippen LogP contribution is 2.27. The molecule has 0 spiro atoms. The molecule has 4 rings (SSSR count). The third-order valence-electron chi connectivity index (χ3n) is 4.61. The maximum absolute atomic E-state index is 12.2. The molecule has 2 aromatic carbocycles. The van der Waals surface area contributed by atoms with E-state index < -0.39 is 5.91 Å². The van der Waals surface area contributed by atoms with E-state index in [9.17, 15) is 9.59 Å². The Morgan fingerprint density at radius 1 is 1.07 bits per heavy atom. The molecule has 5 nitrogen and oxygen atoms in total. The summed E-state index contributed by atoms with van der Waals surface area (Å²) in [6.07, 6.45) is 4.28. The minimum atomic E-state index is -0.421. The molecule has 142 valence electrons. The van der Waals surface area contributed by atoms with Crippen molar-refractivity contribution in [3.8, 4) is 0 Å². The van der Waals surface area contributed by atoms with Crippen molar-refractivity contribution in [3.63, 3.8) is 0 Å². The van der Waals surface area contributed by atoms with Gasteiger partial charge in [-0.3, -0.25) is 9.59 Å². The molecule has 0 unspecified atom stereocenters. The van der Waals surface area contributed by atoms with Gasteiger partial charge in [-0.05, 0) is 72.6 Å². The quantitative estimate of drug-likeness (QED) is 0.763. The number of anilines is 1. The second kappa shape index (κ2) is 8.20. The zero-order valence-electron chi connectivity index (χ0n) is 15.0. The number of amides is 2. The van der Waals surface area contributed by atoms with Gasteiger partial charge in [0, 0.05) is 29.4 Å². The van der Waals surface area contributed by atoms with Crippen LogP contribution in [0, 0.1) is 0 Å². The summed E-state index contributed by atoms with van der Waals surface area (Å²) in [5.74, 6) is -0.674. The Morgan fingerprint density at radius 3 is 2.43 bits per heavy atom. The fourth-order valence-corrected chi connectivity index (χ4v) is 4.08. The number of nitrogens with zero attached hydrogens (tertiary/aromatic N) is 2. The van der Waals surface area contributed by atoms with Crippen LogP contribution < -0.4 is 10.2 Å². The van der Waals surface area contributed by atoms with Crippen LogP contribution in [-0.2, 0) is 4.79 Å². The van der Waals surface area contributed by atoms with Gasteiger partial charge in [0.2, 0.25) is 0 Å². The van der Waals surface area contributed by atoms with Crippen molar-refractivity contribution in [1.29, 1.82) is 0 Å². The number of benzene rings is 2. The third-order valence-corrected chi connectivity index (χ3v) is 5.77. The van der Waals surface area contributed by atoms with E-state index in [-0.39, 0.29) is 11.1 Å². The molecule has 0 atom stereocenters. The molecule has 7 heteroatoms. The molecule has 2 saturated heterocycles. The number of thioether (sulfide) groups is 1. The predicted molar refractivity (Wildman–Crippen MR) is 115 cm³/mol. The average Bonchev–Trinajstić information content (AvgIpc) is 3.33. The summed E-state index contributed by atoms with van der Waals surface area (Å²) in [6, 6.07) is 14.6. The lowest BCUT2D eigenvalue weighted by molar-refractivity contribution is -0.115. The number of carbonyl (C=O) groups is 2. The van der Waals surface area contributed by atoms with Gasteiger partial charge in [-0.25, -0.2) is 0 Å². The molecule has 1 N–H and O–H groups in total. The van der Waals surface area contributed by atoms with Crippen LogP contribution in [-0.4, -0.2) is 30.1 Å². The van der Waals surface area contributed by atoms with Gasteiger partial charge in [0.1, 0.15) is 0 Å². The van der Waals surface area contributed by atoms with E-state index in [0.29, 0.717) is 15.5 Å². The second-order valence-electron chi connectivity index (χ2n) is 6.58. The molecular formula is C21H18ClN3O2S. The van der Waals surface area contributed by atoms with Crippen LogP contribution in [0.3, 0.4) is 0 Å². The van der Waals surface area contributed by atoms with Crippen molar-refractivity contribution in [2.75, 3.05) is 18.0 Å². The molecule has 0 aromatic heterocycles. The number of hydrogen-bond donors (Lipinski definition) is 1. The van der Waals surface area contributed by atoms with E-state index in [2.05, 4.69) is 27.3 Å². The minimum absolute atomic E-state index is 0.253. The van der Waals surface area contributed by atoms with E-state index in [0.717, 1.165) is 30.4 Å². The van der Waals surface area contributed by atoms with Crippen LogP contribution in [0.4, 0.5) is 5.69 Å². The lowest BCUT2D eigenvalue weighted by Gasteiger charge is -2.17. The molecule has 2 amide bonds. The Kier molecular flexibility index (Phi) is 5.50. The number of rotatable bonds is 3. The van der Waals surface area contributed by atoms with Gasteiger partial charge in [0.15, 0.2) is 5.17 Å². The van der Waals surface area contributed by atoms with Crippen molar-refractivity contribution in [3.05, 3.63) is 69.6 Å². The predicted octanol–water partition coefficient (Wildman–Crippen LogP) is 4.34. The Bertz CT molecular complexity index is 962. The van der Waals surface area contributed by atoms with Crippen LogP contribution in [0.15, 0.2) is 58.4 Å². The molecule has 28 heavy (non-hydrogen) atoms. The van der Waals surface area contributed by atoms with Gasteiger partial charge >= 0.3 is 0 Å². The summed E-state index contributed by atoms with van der Waals surface area (Å²) in [5.41, 5.74) is 2.56. The lowest BCUT2D eigenvalue weighted by atomic mass is 10.2. The van der Waals surface area contributed by atoms with Crippen molar-refractivity contribution in [2.45, 2.75) is 12.8 Å². The second-order valence-corrected chi connectivity index (χ2v) is 8.05. The highest BCUT2D eigenvalue weighted by atomic mass is 35.5. The van der Waals surface area contributed by atoms with E-state index in [4.69, 9.17) is 11.6 Å². The summed E-state index contributed by atoms with van der Waals surface area (Å²) < 4.78 is 0. The first-order valence-corrected chi connectivity index (χ1v) is 10.2. The number of carbonyl (C=O) groups excluding carboxylic acids is 2. The summed E-state index contributed by atoms with van der Waals surface area (Å²) in [4.78, 5) is 31.3. The minimum Gasteiger partial charge on any atom is -0.372 e. The van der Waals surface area contributed by atoms with Gasteiger partial charge in [-0.2, -0.15) is 4.99 Å². The first-order chi connectivity index (χ1) is 13.6. The summed E-state index contributed by atoms with van der Waals surface area (Å²) in [7, 11) is 0. The van der Waals surface area contributed by atoms with Crippen LogP contribution in [0.5, 0.6) is 0 Å². The zero-order chi connectivity index (χ0) is 19.5. The number of amidine groups is 1. The smallest absolute Gasteiger partial charge is 0.279 e. The van der Waals surface area contributed by atoms with Gasteiger partial charge in [-0.15, -0.1) is 0 Å².